The van der Waals surface area contributed by atoms with Gasteiger partial charge in [0.05, 0.1) is 0 Å². The lowest BCUT2D eigenvalue weighted by Crippen LogP contribution is -2.37. The van der Waals surface area contributed by atoms with Gasteiger partial charge in [-0.1, -0.05) is 12.1 Å². The molecule has 1 aromatic carbocycles. The van der Waals surface area contributed by atoms with Crippen molar-refractivity contribution in [2.24, 2.45) is 0 Å². The third-order valence-electron chi connectivity index (χ3n) is 3.23. The molecule has 1 unspecified atom stereocenters. The first-order chi connectivity index (χ1) is 7.66. The van der Waals surface area contributed by atoms with Gasteiger partial charge in [0.2, 0.25) is 5.91 Å². The molecule has 3 nitrogen and oxygen atoms in total. The summed E-state index contributed by atoms with van der Waals surface area (Å²) in [6.45, 7) is 3.31. The number of carbonyl (C=O) groups is 1. The lowest BCUT2D eigenvalue weighted by molar-refractivity contribution is -0.130. The topological polar surface area (TPSA) is 40.5 Å². The molecule has 86 valence electrons. The first kappa shape index (κ1) is 11.0. The number of nitrogens with zero attached hydrogens (tertiary/aromatic N) is 1. The van der Waals surface area contributed by atoms with Gasteiger partial charge in [0.15, 0.2) is 0 Å². The van der Waals surface area contributed by atoms with Gasteiger partial charge >= 0.3 is 0 Å². The van der Waals surface area contributed by atoms with E-state index in [4.69, 9.17) is 0 Å². The molecule has 1 N–H and O–H groups in total. The Hall–Kier alpha value is -1.51. The van der Waals surface area contributed by atoms with Gasteiger partial charge in [-0.3, -0.25) is 4.79 Å². The zero-order valence-corrected chi connectivity index (χ0v) is 9.52. The van der Waals surface area contributed by atoms with E-state index < -0.39 is 0 Å². The van der Waals surface area contributed by atoms with E-state index in [0.29, 0.717) is 11.7 Å². The fraction of sp³-hybridized carbons (Fsp3) is 0.462. The van der Waals surface area contributed by atoms with Crippen molar-refractivity contribution in [1.82, 2.24) is 4.90 Å². The second kappa shape index (κ2) is 4.56. The molecule has 0 bridgehead atoms. The summed E-state index contributed by atoms with van der Waals surface area (Å²) in [5.41, 5.74) is 1.21. The van der Waals surface area contributed by atoms with Crippen molar-refractivity contribution >= 4 is 5.91 Å². The van der Waals surface area contributed by atoms with Crippen LogP contribution in [0.2, 0.25) is 0 Å². The Bertz CT molecular complexity index is 372. The van der Waals surface area contributed by atoms with Crippen LogP contribution in [0.15, 0.2) is 24.3 Å². The van der Waals surface area contributed by atoms with Crippen LogP contribution >= 0.6 is 0 Å². The molecule has 3 heteroatoms. The summed E-state index contributed by atoms with van der Waals surface area (Å²) < 4.78 is 0. The highest BCUT2D eigenvalue weighted by molar-refractivity contribution is 5.73. The molecule has 0 saturated carbocycles. The molecule has 1 aliphatic heterocycles. The molecule has 0 radical (unpaired) electrons. The average molecular weight is 219 g/mol. The standard InChI is InChI=1S/C13H17NO2/c1-10(15)14-8-2-3-12(9-14)11-4-6-13(16)7-5-11/h4-7,12,16H,2-3,8-9H2,1H3. The van der Waals surface area contributed by atoms with Crippen molar-refractivity contribution in [1.29, 1.82) is 0 Å². The van der Waals surface area contributed by atoms with Crippen molar-refractivity contribution in [3.8, 4) is 5.75 Å². The molecule has 16 heavy (non-hydrogen) atoms. The van der Waals surface area contributed by atoms with Gasteiger partial charge < -0.3 is 10.0 Å². The number of hydrogen-bond acceptors (Lipinski definition) is 2. The van der Waals surface area contributed by atoms with E-state index in [2.05, 4.69) is 0 Å². The molecule has 1 heterocycles. The maximum Gasteiger partial charge on any atom is 0.219 e. The van der Waals surface area contributed by atoms with E-state index >= 15 is 0 Å². The summed E-state index contributed by atoms with van der Waals surface area (Å²) in [5.74, 6) is 0.865. The summed E-state index contributed by atoms with van der Waals surface area (Å²) in [6.07, 6.45) is 2.18. The molecular formula is C13H17NO2. The number of carbonyl (C=O) groups excluding carboxylic acids is 1. The number of rotatable bonds is 1. The number of piperidine rings is 1. The van der Waals surface area contributed by atoms with Gasteiger partial charge in [-0.05, 0) is 30.5 Å². The van der Waals surface area contributed by atoms with Crippen LogP contribution in [0.1, 0.15) is 31.2 Å². The van der Waals surface area contributed by atoms with E-state index in [9.17, 15) is 9.90 Å². The van der Waals surface area contributed by atoms with Gasteiger partial charge in [0, 0.05) is 25.9 Å². The van der Waals surface area contributed by atoms with E-state index in [0.717, 1.165) is 25.9 Å². The normalized spacial score (nSPS) is 20.8. The minimum Gasteiger partial charge on any atom is -0.508 e. The SMILES string of the molecule is CC(=O)N1CCCC(c2ccc(O)cc2)C1. The number of benzene rings is 1. The summed E-state index contributed by atoms with van der Waals surface area (Å²) in [6, 6.07) is 7.32. The average Bonchev–Trinajstić information content (AvgIpc) is 2.30. The lowest BCUT2D eigenvalue weighted by Gasteiger charge is -2.32. The van der Waals surface area contributed by atoms with Crippen molar-refractivity contribution in [2.75, 3.05) is 13.1 Å². The van der Waals surface area contributed by atoms with Crippen LogP contribution < -0.4 is 0 Å². The Morgan fingerprint density at radius 1 is 1.38 bits per heavy atom. The van der Waals surface area contributed by atoms with E-state index in [-0.39, 0.29) is 5.91 Å². The van der Waals surface area contributed by atoms with Crippen molar-refractivity contribution in [3.63, 3.8) is 0 Å². The smallest absolute Gasteiger partial charge is 0.219 e. The van der Waals surface area contributed by atoms with Crippen LogP contribution in [0.3, 0.4) is 0 Å². The van der Waals surface area contributed by atoms with Gasteiger partial charge in [-0.15, -0.1) is 0 Å². The van der Waals surface area contributed by atoms with Gasteiger partial charge in [-0.2, -0.15) is 0 Å². The fourth-order valence-electron chi connectivity index (χ4n) is 2.28. The van der Waals surface area contributed by atoms with Crippen LogP contribution in [0, 0.1) is 0 Å². The Balaban J connectivity index is 2.09. The zero-order chi connectivity index (χ0) is 11.5. The molecule has 1 fully saturated rings. The monoisotopic (exact) mass is 219 g/mol. The first-order valence-electron chi connectivity index (χ1n) is 5.71. The lowest BCUT2D eigenvalue weighted by atomic mass is 9.90. The Morgan fingerprint density at radius 3 is 2.69 bits per heavy atom. The van der Waals surface area contributed by atoms with Crippen LogP contribution in [-0.4, -0.2) is 29.0 Å². The highest BCUT2D eigenvalue weighted by atomic mass is 16.3. The molecule has 0 spiro atoms. The Morgan fingerprint density at radius 2 is 2.06 bits per heavy atom. The largest absolute Gasteiger partial charge is 0.508 e. The van der Waals surface area contributed by atoms with Crippen molar-refractivity contribution in [3.05, 3.63) is 29.8 Å². The molecule has 1 aromatic rings. The van der Waals surface area contributed by atoms with Crippen LogP contribution in [-0.2, 0) is 4.79 Å². The molecular weight excluding hydrogens is 202 g/mol. The minimum absolute atomic E-state index is 0.156. The number of amides is 1. The summed E-state index contributed by atoms with van der Waals surface area (Å²) >= 11 is 0. The number of hydrogen-bond donors (Lipinski definition) is 1. The molecule has 1 amide bonds. The molecule has 2 rings (SSSR count). The molecule has 1 saturated heterocycles. The van der Waals surface area contributed by atoms with E-state index in [1.54, 1.807) is 19.1 Å². The van der Waals surface area contributed by atoms with Gasteiger partial charge in [-0.25, -0.2) is 0 Å². The van der Waals surface area contributed by atoms with Crippen LogP contribution in [0.25, 0.3) is 0 Å². The van der Waals surface area contributed by atoms with Gasteiger partial charge in [0.1, 0.15) is 5.75 Å². The number of aromatic hydroxyl groups is 1. The third kappa shape index (κ3) is 2.35. The summed E-state index contributed by atoms with van der Waals surface area (Å²) in [5, 5.41) is 9.23. The van der Waals surface area contributed by atoms with E-state index in [1.165, 1.54) is 5.56 Å². The molecule has 1 aliphatic rings. The van der Waals surface area contributed by atoms with Gasteiger partial charge in [0.25, 0.3) is 0 Å². The van der Waals surface area contributed by atoms with Crippen molar-refractivity contribution in [2.45, 2.75) is 25.7 Å². The number of phenolic OH excluding ortho intramolecular Hbond substituents is 1. The van der Waals surface area contributed by atoms with E-state index in [1.807, 2.05) is 17.0 Å². The molecule has 0 aliphatic carbocycles. The summed E-state index contributed by atoms with van der Waals surface area (Å²) in [4.78, 5) is 13.2. The number of likely N-dealkylation sites (tertiary alicyclic amines) is 1. The second-order valence-corrected chi connectivity index (χ2v) is 4.40. The van der Waals surface area contributed by atoms with Crippen LogP contribution in [0.4, 0.5) is 0 Å². The highest BCUT2D eigenvalue weighted by Gasteiger charge is 2.22. The fourth-order valence-corrected chi connectivity index (χ4v) is 2.28. The predicted octanol–water partition coefficient (Wildman–Crippen LogP) is 2.12. The highest BCUT2D eigenvalue weighted by Crippen LogP contribution is 2.27. The second-order valence-electron chi connectivity index (χ2n) is 4.40. The minimum atomic E-state index is 0.156. The summed E-state index contributed by atoms with van der Waals surface area (Å²) in [7, 11) is 0. The molecule has 0 aromatic heterocycles. The Labute approximate surface area is 95.7 Å². The molecule has 1 atom stereocenters. The van der Waals surface area contributed by atoms with Crippen molar-refractivity contribution < 1.29 is 9.90 Å². The zero-order valence-electron chi connectivity index (χ0n) is 9.52. The first-order valence-corrected chi connectivity index (χ1v) is 5.71. The number of phenols is 1. The van der Waals surface area contributed by atoms with Crippen LogP contribution in [0.5, 0.6) is 5.75 Å². The third-order valence-corrected chi connectivity index (χ3v) is 3.23. The predicted molar refractivity (Wildman–Crippen MR) is 62.3 cm³/mol. The quantitative estimate of drug-likeness (QED) is 0.786. The maximum absolute atomic E-state index is 11.3. The maximum atomic E-state index is 11.3. The Kier molecular flexibility index (Phi) is 3.13.